The van der Waals surface area contributed by atoms with Crippen molar-refractivity contribution in [2.45, 2.75) is 38.4 Å². The summed E-state index contributed by atoms with van der Waals surface area (Å²) < 4.78 is 1.86. The number of aryl methyl sites for hydroxylation is 1. The van der Waals surface area contributed by atoms with Crippen LogP contribution in [0.25, 0.3) is 0 Å². The van der Waals surface area contributed by atoms with E-state index in [2.05, 4.69) is 37.4 Å². The van der Waals surface area contributed by atoms with Crippen molar-refractivity contribution in [3.63, 3.8) is 0 Å². The Morgan fingerprint density at radius 3 is 2.75 bits per heavy atom. The Morgan fingerprint density at radius 2 is 2.04 bits per heavy atom. The van der Waals surface area contributed by atoms with E-state index in [-0.39, 0.29) is 24.8 Å². The molecular formula is C16H26Cl2N6. The molecule has 0 aliphatic carbocycles. The molecule has 24 heavy (non-hydrogen) atoms. The van der Waals surface area contributed by atoms with Crippen molar-refractivity contribution < 1.29 is 0 Å². The summed E-state index contributed by atoms with van der Waals surface area (Å²) in [6.45, 7) is 3.89. The van der Waals surface area contributed by atoms with Crippen LogP contribution in [0.2, 0.25) is 0 Å². The number of nitrogens with zero attached hydrogens (tertiary/aromatic N) is 5. The van der Waals surface area contributed by atoms with Gasteiger partial charge in [-0.05, 0) is 44.5 Å². The molecule has 1 unspecified atom stereocenters. The third-order valence-corrected chi connectivity index (χ3v) is 4.30. The van der Waals surface area contributed by atoms with Gasteiger partial charge < -0.3 is 5.32 Å². The second kappa shape index (κ2) is 10.6. The average molecular weight is 373 g/mol. The van der Waals surface area contributed by atoms with E-state index in [9.17, 15) is 0 Å². The lowest BCUT2D eigenvalue weighted by molar-refractivity contribution is 0.156. The number of rotatable bonds is 5. The highest BCUT2D eigenvalue weighted by atomic mass is 35.5. The lowest BCUT2D eigenvalue weighted by Gasteiger charge is -2.30. The summed E-state index contributed by atoms with van der Waals surface area (Å²) in [5, 5.41) is 7.68. The summed E-state index contributed by atoms with van der Waals surface area (Å²) in [7, 11) is 1.95. The number of aromatic nitrogens is 4. The van der Waals surface area contributed by atoms with Gasteiger partial charge in [-0.15, -0.1) is 24.8 Å². The minimum absolute atomic E-state index is 0. The number of hydrogen-bond donors (Lipinski definition) is 1. The molecule has 1 fully saturated rings. The SMILES string of the molecule is Cl.Cl.Cn1ncnc1CN(Cc1ccccn1)C1CCCNCC1. The van der Waals surface area contributed by atoms with Gasteiger partial charge in [-0.25, -0.2) is 4.98 Å². The zero-order valence-corrected chi connectivity index (χ0v) is 15.6. The highest BCUT2D eigenvalue weighted by molar-refractivity contribution is 5.85. The molecule has 3 heterocycles. The van der Waals surface area contributed by atoms with Crippen molar-refractivity contribution in [2.75, 3.05) is 13.1 Å². The summed E-state index contributed by atoms with van der Waals surface area (Å²) in [6.07, 6.45) is 7.11. The van der Waals surface area contributed by atoms with E-state index in [0.717, 1.165) is 37.7 Å². The first kappa shape index (κ1) is 20.8. The van der Waals surface area contributed by atoms with Crippen LogP contribution in [0.3, 0.4) is 0 Å². The van der Waals surface area contributed by atoms with Crippen molar-refractivity contribution in [1.82, 2.24) is 30.0 Å². The maximum absolute atomic E-state index is 4.49. The van der Waals surface area contributed by atoms with E-state index in [1.165, 1.54) is 19.3 Å². The summed E-state index contributed by atoms with van der Waals surface area (Å²) in [4.78, 5) is 11.4. The van der Waals surface area contributed by atoms with Crippen molar-refractivity contribution in [2.24, 2.45) is 7.05 Å². The van der Waals surface area contributed by atoms with E-state index >= 15 is 0 Å². The molecule has 0 aromatic carbocycles. The summed E-state index contributed by atoms with van der Waals surface area (Å²) in [6, 6.07) is 6.68. The molecule has 134 valence electrons. The van der Waals surface area contributed by atoms with Crippen molar-refractivity contribution >= 4 is 24.8 Å². The molecule has 0 spiro atoms. The summed E-state index contributed by atoms with van der Waals surface area (Å²) in [5.41, 5.74) is 1.11. The first-order valence-corrected chi connectivity index (χ1v) is 8.00. The van der Waals surface area contributed by atoms with E-state index in [1.54, 1.807) is 6.33 Å². The van der Waals surface area contributed by atoms with Crippen LogP contribution >= 0.6 is 24.8 Å². The number of halogens is 2. The van der Waals surface area contributed by atoms with Crippen LogP contribution < -0.4 is 5.32 Å². The fourth-order valence-electron chi connectivity index (χ4n) is 3.02. The minimum atomic E-state index is 0. The zero-order valence-electron chi connectivity index (χ0n) is 14.0. The Balaban J connectivity index is 0.00000144. The van der Waals surface area contributed by atoms with Crippen LogP contribution in [-0.2, 0) is 20.1 Å². The van der Waals surface area contributed by atoms with Gasteiger partial charge in [0.2, 0.25) is 0 Å². The van der Waals surface area contributed by atoms with E-state index < -0.39 is 0 Å². The first-order valence-electron chi connectivity index (χ1n) is 8.00. The third-order valence-electron chi connectivity index (χ3n) is 4.30. The molecule has 1 saturated heterocycles. The van der Waals surface area contributed by atoms with Crippen LogP contribution in [0.5, 0.6) is 0 Å². The Labute approximate surface area is 155 Å². The molecule has 0 saturated carbocycles. The van der Waals surface area contributed by atoms with Crippen LogP contribution in [0.4, 0.5) is 0 Å². The Kier molecular flexibility index (Phi) is 9.21. The number of pyridine rings is 1. The molecule has 0 amide bonds. The van der Waals surface area contributed by atoms with E-state index in [0.29, 0.717) is 6.04 Å². The zero-order chi connectivity index (χ0) is 15.2. The monoisotopic (exact) mass is 372 g/mol. The van der Waals surface area contributed by atoms with Gasteiger partial charge in [0, 0.05) is 25.8 Å². The molecule has 0 bridgehead atoms. The maximum atomic E-state index is 4.49. The highest BCUT2D eigenvalue weighted by Gasteiger charge is 2.22. The molecule has 2 aromatic heterocycles. The fraction of sp³-hybridized carbons (Fsp3) is 0.562. The normalized spacial score (nSPS) is 17.7. The number of hydrogen-bond acceptors (Lipinski definition) is 5. The van der Waals surface area contributed by atoms with Gasteiger partial charge in [0.15, 0.2) is 0 Å². The summed E-state index contributed by atoms with van der Waals surface area (Å²) in [5.74, 6) is 1.01. The Hall–Kier alpha value is -1.21. The summed E-state index contributed by atoms with van der Waals surface area (Å²) >= 11 is 0. The predicted octanol–water partition coefficient (Wildman–Crippen LogP) is 2.20. The predicted molar refractivity (Wildman–Crippen MR) is 99.5 cm³/mol. The topological polar surface area (TPSA) is 58.9 Å². The van der Waals surface area contributed by atoms with Gasteiger partial charge in [-0.3, -0.25) is 14.6 Å². The molecule has 1 atom stereocenters. The lowest BCUT2D eigenvalue weighted by Crippen LogP contribution is -2.36. The first-order chi connectivity index (χ1) is 10.8. The van der Waals surface area contributed by atoms with Gasteiger partial charge in [0.1, 0.15) is 12.2 Å². The average Bonchev–Trinajstić information content (AvgIpc) is 2.79. The number of nitrogens with one attached hydrogen (secondary N) is 1. The van der Waals surface area contributed by atoms with Crippen LogP contribution in [-0.4, -0.2) is 43.8 Å². The van der Waals surface area contributed by atoms with Gasteiger partial charge in [-0.1, -0.05) is 6.07 Å². The minimum Gasteiger partial charge on any atom is -0.317 e. The van der Waals surface area contributed by atoms with Crippen molar-refractivity contribution in [1.29, 1.82) is 0 Å². The molecule has 1 aliphatic heterocycles. The van der Waals surface area contributed by atoms with Crippen molar-refractivity contribution in [3.8, 4) is 0 Å². The fourth-order valence-corrected chi connectivity index (χ4v) is 3.02. The van der Waals surface area contributed by atoms with Crippen LogP contribution in [0.15, 0.2) is 30.7 Å². The van der Waals surface area contributed by atoms with Crippen LogP contribution in [0.1, 0.15) is 30.8 Å². The van der Waals surface area contributed by atoms with E-state index in [4.69, 9.17) is 0 Å². The van der Waals surface area contributed by atoms with Crippen LogP contribution in [0, 0.1) is 0 Å². The maximum Gasteiger partial charge on any atom is 0.140 e. The lowest BCUT2D eigenvalue weighted by atomic mass is 10.1. The molecule has 0 radical (unpaired) electrons. The van der Waals surface area contributed by atoms with Gasteiger partial charge >= 0.3 is 0 Å². The molecule has 8 heteroatoms. The van der Waals surface area contributed by atoms with Gasteiger partial charge in [0.05, 0.1) is 12.2 Å². The van der Waals surface area contributed by atoms with Gasteiger partial charge in [-0.2, -0.15) is 5.10 Å². The molecule has 3 rings (SSSR count). The quantitative estimate of drug-likeness (QED) is 0.871. The van der Waals surface area contributed by atoms with E-state index in [1.807, 2.05) is 24.0 Å². The Bertz CT molecular complexity index is 569. The molecular weight excluding hydrogens is 347 g/mol. The Morgan fingerprint density at radius 1 is 1.17 bits per heavy atom. The van der Waals surface area contributed by atoms with Gasteiger partial charge in [0.25, 0.3) is 0 Å². The molecule has 6 nitrogen and oxygen atoms in total. The van der Waals surface area contributed by atoms with Crippen molar-refractivity contribution in [3.05, 3.63) is 42.2 Å². The molecule has 1 aliphatic rings. The third kappa shape index (κ3) is 5.70. The molecule has 2 aromatic rings. The second-order valence-electron chi connectivity index (χ2n) is 5.86. The molecule has 1 N–H and O–H groups in total. The second-order valence-corrected chi connectivity index (χ2v) is 5.86. The smallest absolute Gasteiger partial charge is 0.140 e. The largest absolute Gasteiger partial charge is 0.317 e. The highest BCUT2D eigenvalue weighted by Crippen LogP contribution is 2.18. The standard InChI is InChI=1S/C16H24N6.2ClH/c1-21-16(19-13-20-21)12-22(11-14-5-2-3-9-18-14)15-6-4-8-17-10-7-15;;/h2-3,5,9,13,15,17H,4,6-8,10-12H2,1H3;2*1H.